The van der Waals surface area contributed by atoms with E-state index >= 15 is 0 Å². The molecule has 0 bridgehead atoms. The van der Waals surface area contributed by atoms with E-state index < -0.39 is 10.9 Å². The Morgan fingerprint density at radius 3 is 1.97 bits per heavy atom. The Hall–Kier alpha value is -2.24. The number of rotatable bonds is 19. The Kier molecular flexibility index (Phi) is 15.1. The van der Waals surface area contributed by atoms with E-state index in [2.05, 4.69) is 6.92 Å². The van der Waals surface area contributed by atoms with Gasteiger partial charge in [0.25, 0.3) is 5.69 Å². The number of non-ortho nitro benzene ring substituents is 1. The third kappa shape index (κ3) is 14.4. The molecule has 0 aliphatic heterocycles. The summed E-state index contributed by atoms with van der Waals surface area (Å²) < 4.78 is 5.07. The number of carbonyl (C=O) groups is 2. The lowest BCUT2D eigenvalue weighted by Gasteiger charge is -2.05. The van der Waals surface area contributed by atoms with Crippen LogP contribution in [0.1, 0.15) is 109 Å². The van der Waals surface area contributed by atoms with Gasteiger partial charge in [-0.05, 0) is 12.0 Å². The number of hydrogen-bond acceptors (Lipinski definition) is 5. The quantitative estimate of drug-likeness (QED) is 0.0765. The zero-order valence-electron chi connectivity index (χ0n) is 19.1. The summed E-state index contributed by atoms with van der Waals surface area (Å²) >= 11 is 0. The van der Waals surface area contributed by atoms with Gasteiger partial charge in [-0.15, -0.1) is 0 Å². The van der Waals surface area contributed by atoms with Crippen LogP contribution >= 0.6 is 0 Å². The van der Waals surface area contributed by atoms with Gasteiger partial charge in [-0.2, -0.15) is 0 Å². The molecule has 174 valence electrons. The van der Waals surface area contributed by atoms with Crippen molar-refractivity contribution in [2.24, 2.45) is 0 Å². The second-order valence-corrected chi connectivity index (χ2v) is 8.30. The van der Waals surface area contributed by atoms with E-state index in [0.717, 1.165) is 19.3 Å². The minimum atomic E-state index is -0.578. The number of nitro groups is 1. The average Bonchev–Trinajstić information content (AvgIpc) is 2.75. The highest BCUT2D eigenvalue weighted by Gasteiger charge is 2.12. The Balaban J connectivity index is 1.98. The fourth-order valence-electron chi connectivity index (χ4n) is 3.56. The molecule has 0 aliphatic rings. The summed E-state index contributed by atoms with van der Waals surface area (Å²) in [4.78, 5) is 34.0. The van der Waals surface area contributed by atoms with Crippen LogP contribution in [-0.4, -0.2) is 16.7 Å². The molecule has 0 unspecified atom stereocenters. The van der Waals surface area contributed by atoms with E-state index in [-0.39, 0.29) is 24.5 Å². The topological polar surface area (TPSA) is 86.5 Å². The summed E-state index contributed by atoms with van der Waals surface area (Å²) in [6.45, 7) is 2.18. The number of Topliss-reactive ketones (excluding diaryl/α,β-unsaturated/α-hetero) is 1. The molecule has 31 heavy (non-hydrogen) atoms. The molecular weight excluding hydrogens is 394 g/mol. The molecule has 6 nitrogen and oxygen atoms in total. The van der Waals surface area contributed by atoms with Crippen molar-refractivity contribution in [2.75, 3.05) is 0 Å². The van der Waals surface area contributed by atoms with Crippen LogP contribution in [0.15, 0.2) is 24.3 Å². The van der Waals surface area contributed by atoms with Gasteiger partial charge in [0.1, 0.15) is 18.8 Å². The fourth-order valence-corrected chi connectivity index (χ4v) is 3.56. The largest absolute Gasteiger partial charge is 0.460 e. The Labute approximate surface area is 186 Å². The van der Waals surface area contributed by atoms with E-state index in [1.165, 1.54) is 76.3 Å². The smallest absolute Gasteiger partial charge is 0.313 e. The average molecular weight is 434 g/mol. The molecule has 0 amide bonds. The first kappa shape index (κ1) is 26.8. The first-order chi connectivity index (χ1) is 15.0. The maximum Gasteiger partial charge on any atom is 0.313 e. The summed E-state index contributed by atoms with van der Waals surface area (Å²) in [6, 6.07) is 5.93. The van der Waals surface area contributed by atoms with Crippen LogP contribution in [0.4, 0.5) is 5.69 Å². The number of esters is 1. The lowest BCUT2D eigenvalue weighted by atomic mass is 10.0. The Bertz CT molecular complexity index is 659. The third-order valence-electron chi connectivity index (χ3n) is 5.42. The lowest BCUT2D eigenvalue weighted by Crippen LogP contribution is -2.11. The van der Waals surface area contributed by atoms with Gasteiger partial charge in [0.15, 0.2) is 0 Å². The molecule has 0 N–H and O–H groups in total. The van der Waals surface area contributed by atoms with Crippen molar-refractivity contribution in [3.05, 3.63) is 39.9 Å². The summed E-state index contributed by atoms with van der Waals surface area (Å²) in [5.41, 5.74) is 0.485. The molecule has 1 aromatic rings. The molecule has 0 heterocycles. The number of benzene rings is 1. The van der Waals surface area contributed by atoms with E-state index in [4.69, 9.17) is 4.74 Å². The molecule has 1 aromatic carbocycles. The maximum atomic E-state index is 11.9. The van der Waals surface area contributed by atoms with E-state index in [1.807, 2.05) is 0 Å². The minimum absolute atomic E-state index is 0.0490. The molecule has 1 rings (SSSR count). The summed E-state index contributed by atoms with van der Waals surface area (Å²) in [6.07, 6.45) is 16.4. The molecule has 6 heteroatoms. The van der Waals surface area contributed by atoms with Gasteiger partial charge in [0.05, 0.1) is 4.92 Å². The van der Waals surface area contributed by atoms with Gasteiger partial charge in [0, 0.05) is 18.6 Å². The number of unbranched alkanes of at least 4 members (excludes halogenated alkanes) is 12. The van der Waals surface area contributed by atoms with E-state index in [0.29, 0.717) is 12.0 Å². The van der Waals surface area contributed by atoms with Crippen LogP contribution in [0.25, 0.3) is 0 Å². The van der Waals surface area contributed by atoms with Crippen molar-refractivity contribution in [3.8, 4) is 0 Å². The summed E-state index contributed by atoms with van der Waals surface area (Å²) in [5.74, 6) is -0.682. The fraction of sp³-hybridized carbons (Fsp3) is 0.680. The normalized spacial score (nSPS) is 10.7. The number of ether oxygens (including phenoxy) is 1. The number of hydrogen-bond donors (Lipinski definition) is 0. The first-order valence-corrected chi connectivity index (χ1v) is 11.9. The van der Waals surface area contributed by atoms with Crippen molar-refractivity contribution < 1.29 is 19.2 Å². The van der Waals surface area contributed by atoms with E-state index in [9.17, 15) is 19.7 Å². The van der Waals surface area contributed by atoms with Crippen molar-refractivity contribution in [2.45, 2.75) is 110 Å². The summed E-state index contributed by atoms with van der Waals surface area (Å²) in [5, 5.41) is 10.8. The van der Waals surface area contributed by atoms with Gasteiger partial charge < -0.3 is 4.74 Å². The van der Waals surface area contributed by atoms with Crippen LogP contribution in [0, 0.1) is 10.1 Å². The lowest BCUT2D eigenvalue weighted by molar-refractivity contribution is -0.384. The predicted octanol–water partition coefficient (Wildman–Crippen LogP) is 7.08. The standard InChI is InChI=1S/C25H39NO5/c1-2-3-4-5-6-7-8-9-10-11-12-13-14-18-24(27)20-25(28)31-21-22-16-15-17-23(19-22)26(29)30/h15-17,19H,2-14,18,20-21H2,1H3. The SMILES string of the molecule is CCCCCCCCCCCCCCCC(=O)CC(=O)OCc1cccc([N+](=O)[O-])c1. The van der Waals surface area contributed by atoms with Crippen molar-refractivity contribution in [3.63, 3.8) is 0 Å². The van der Waals surface area contributed by atoms with Crippen LogP contribution in [-0.2, 0) is 20.9 Å². The van der Waals surface area contributed by atoms with Gasteiger partial charge >= 0.3 is 5.97 Å². The number of ketones is 1. The number of nitro benzene ring substituents is 1. The predicted molar refractivity (Wildman–Crippen MR) is 123 cm³/mol. The molecule has 0 atom stereocenters. The Morgan fingerprint density at radius 1 is 0.871 bits per heavy atom. The van der Waals surface area contributed by atoms with Crippen molar-refractivity contribution in [1.82, 2.24) is 0 Å². The van der Waals surface area contributed by atoms with Crippen LogP contribution in [0.5, 0.6) is 0 Å². The van der Waals surface area contributed by atoms with Gasteiger partial charge in [-0.1, -0.05) is 96.1 Å². The number of nitrogens with zero attached hydrogens (tertiary/aromatic N) is 1. The van der Waals surface area contributed by atoms with Gasteiger partial charge in [-0.3, -0.25) is 19.7 Å². The van der Waals surface area contributed by atoms with Crippen molar-refractivity contribution >= 4 is 17.4 Å². The monoisotopic (exact) mass is 433 g/mol. The molecule has 0 aromatic heterocycles. The second-order valence-electron chi connectivity index (χ2n) is 8.30. The molecule has 0 fully saturated rings. The Morgan fingerprint density at radius 2 is 1.42 bits per heavy atom. The highest BCUT2D eigenvalue weighted by atomic mass is 16.6. The molecule has 0 saturated carbocycles. The first-order valence-electron chi connectivity index (χ1n) is 11.9. The van der Waals surface area contributed by atoms with Crippen LogP contribution in [0.3, 0.4) is 0 Å². The number of carbonyl (C=O) groups excluding carboxylic acids is 2. The highest BCUT2D eigenvalue weighted by Crippen LogP contribution is 2.15. The second kappa shape index (κ2) is 17.4. The zero-order chi connectivity index (χ0) is 22.7. The van der Waals surface area contributed by atoms with Crippen LogP contribution in [0.2, 0.25) is 0 Å². The molecular formula is C25H39NO5. The summed E-state index contributed by atoms with van der Waals surface area (Å²) in [7, 11) is 0. The molecule has 0 radical (unpaired) electrons. The maximum absolute atomic E-state index is 11.9. The zero-order valence-corrected chi connectivity index (χ0v) is 19.1. The van der Waals surface area contributed by atoms with Gasteiger partial charge in [0.2, 0.25) is 0 Å². The highest BCUT2D eigenvalue weighted by molar-refractivity contribution is 5.95. The molecule has 0 spiro atoms. The third-order valence-corrected chi connectivity index (χ3v) is 5.42. The minimum Gasteiger partial charge on any atom is -0.460 e. The van der Waals surface area contributed by atoms with Gasteiger partial charge in [-0.25, -0.2) is 0 Å². The van der Waals surface area contributed by atoms with Crippen LogP contribution < -0.4 is 0 Å². The molecule has 0 saturated heterocycles. The van der Waals surface area contributed by atoms with Crippen molar-refractivity contribution in [1.29, 1.82) is 0 Å². The van der Waals surface area contributed by atoms with E-state index in [1.54, 1.807) is 12.1 Å². The molecule has 0 aliphatic carbocycles.